The molecule has 2 aromatic heterocycles. The Bertz CT molecular complexity index is 847. The Hall–Kier alpha value is -2.47. The van der Waals surface area contributed by atoms with Gasteiger partial charge < -0.3 is 5.32 Å². The Kier molecular flexibility index (Phi) is 3.90. The van der Waals surface area contributed by atoms with Crippen LogP contribution in [-0.2, 0) is 19.5 Å². The van der Waals surface area contributed by atoms with E-state index in [1.54, 1.807) is 0 Å². The van der Waals surface area contributed by atoms with Crippen molar-refractivity contribution in [2.24, 2.45) is 0 Å². The highest BCUT2D eigenvalue weighted by molar-refractivity contribution is 5.63. The molecule has 4 rings (SSSR count). The molecule has 2 N–H and O–H groups in total. The highest BCUT2D eigenvalue weighted by atomic mass is 15.4. The Morgan fingerprint density at radius 3 is 3.12 bits per heavy atom. The third-order valence-electron chi connectivity index (χ3n) is 4.57. The molecule has 1 atom stereocenters. The summed E-state index contributed by atoms with van der Waals surface area (Å²) in [5.74, 6) is 1.97. The van der Waals surface area contributed by atoms with E-state index < -0.39 is 0 Å². The second-order valence-corrected chi connectivity index (χ2v) is 6.51. The Labute approximate surface area is 141 Å². The van der Waals surface area contributed by atoms with E-state index in [1.807, 2.05) is 17.8 Å². The van der Waals surface area contributed by atoms with Crippen LogP contribution in [0, 0.1) is 13.8 Å². The third kappa shape index (κ3) is 2.97. The van der Waals surface area contributed by atoms with Crippen LogP contribution in [0.2, 0.25) is 0 Å². The van der Waals surface area contributed by atoms with Crippen molar-refractivity contribution < 1.29 is 0 Å². The number of aromatic amines is 1. The van der Waals surface area contributed by atoms with E-state index in [-0.39, 0.29) is 0 Å². The van der Waals surface area contributed by atoms with Gasteiger partial charge in [-0.3, -0.25) is 5.10 Å². The number of hydrogen-bond acceptors (Lipinski definition) is 4. The molecule has 0 saturated heterocycles. The second-order valence-electron chi connectivity index (χ2n) is 6.51. The minimum atomic E-state index is 0.416. The van der Waals surface area contributed by atoms with Gasteiger partial charge in [-0.1, -0.05) is 23.8 Å². The summed E-state index contributed by atoms with van der Waals surface area (Å²) >= 11 is 0. The summed E-state index contributed by atoms with van der Waals surface area (Å²) in [7, 11) is 0. The second kappa shape index (κ2) is 6.20. The molecule has 6 heteroatoms. The third-order valence-corrected chi connectivity index (χ3v) is 4.57. The van der Waals surface area contributed by atoms with Gasteiger partial charge in [0.2, 0.25) is 0 Å². The van der Waals surface area contributed by atoms with Crippen molar-refractivity contribution in [3.8, 4) is 11.3 Å². The summed E-state index contributed by atoms with van der Waals surface area (Å²) in [6.45, 7) is 5.74. The van der Waals surface area contributed by atoms with Gasteiger partial charge in [0.1, 0.15) is 11.6 Å². The smallest absolute Gasteiger partial charge is 0.147 e. The maximum absolute atomic E-state index is 4.47. The molecular weight excluding hydrogens is 300 g/mol. The van der Waals surface area contributed by atoms with Crippen molar-refractivity contribution in [1.82, 2.24) is 30.3 Å². The summed E-state index contributed by atoms with van der Waals surface area (Å²) in [4.78, 5) is 4.47. The van der Waals surface area contributed by atoms with Gasteiger partial charge in [0, 0.05) is 30.1 Å². The fourth-order valence-corrected chi connectivity index (χ4v) is 3.35. The molecule has 3 heterocycles. The van der Waals surface area contributed by atoms with Crippen molar-refractivity contribution in [1.29, 1.82) is 0 Å². The molecule has 0 radical (unpaired) electrons. The number of H-pyrrole nitrogens is 1. The average molecular weight is 322 g/mol. The first-order valence-electron chi connectivity index (χ1n) is 8.42. The fraction of sp³-hybridized carbons (Fsp3) is 0.389. The summed E-state index contributed by atoms with van der Waals surface area (Å²) in [5, 5.41) is 15.5. The van der Waals surface area contributed by atoms with Crippen LogP contribution >= 0.6 is 0 Å². The number of nitrogens with one attached hydrogen (secondary N) is 2. The van der Waals surface area contributed by atoms with Crippen molar-refractivity contribution in [2.45, 2.75) is 45.8 Å². The van der Waals surface area contributed by atoms with Gasteiger partial charge in [0.25, 0.3) is 0 Å². The molecular formula is C18H22N6. The van der Waals surface area contributed by atoms with Crippen LogP contribution in [0.3, 0.4) is 0 Å². The molecule has 3 aromatic rings. The summed E-state index contributed by atoms with van der Waals surface area (Å²) in [6, 6.07) is 8.91. The summed E-state index contributed by atoms with van der Waals surface area (Å²) < 4.78 is 2.04. The van der Waals surface area contributed by atoms with E-state index >= 15 is 0 Å². The Balaban J connectivity index is 1.45. The van der Waals surface area contributed by atoms with Crippen LogP contribution in [0.5, 0.6) is 0 Å². The number of nitrogens with zero attached hydrogens (tertiary/aromatic N) is 4. The number of benzene rings is 1. The lowest BCUT2D eigenvalue weighted by atomic mass is 10.0. The minimum Gasteiger partial charge on any atom is -0.308 e. The molecule has 1 aliphatic heterocycles. The van der Waals surface area contributed by atoms with Crippen LogP contribution in [0.25, 0.3) is 11.3 Å². The molecule has 24 heavy (non-hydrogen) atoms. The quantitative estimate of drug-likeness (QED) is 0.774. The molecule has 1 aliphatic rings. The van der Waals surface area contributed by atoms with Gasteiger partial charge in [-0.15, -0.1) is 0 Å². The van der Waals surface area contributed by atoms with Gasteiger partial charge in [0.15, 0.2) is 0 Å². The zero-order chi connectivity index (χ0) is 16.5. The average Bonchev–Trinajstić information content (AvgIpc) is 3.17. The molecule has 0 fully saturated rings. The maximum Gasteiger partial charge on any atom is 0.147 e. The lowest BCUT2D eigenvalue weighted by Crippen LogP contribution is -2.37. The number of fused-ring (bicyclic) bond motifs is 1. The van der Waals surface area contributed by atoms with Crippen molar-refractivity contribution in [2.75, 3.05) is 0 Å². The normalized spacial score (nSPS) is 17.0. The monoisotopic (exact) mass is 322 g/mol. The van der Waals surface area contributed by atoms with E-state index in [4.69, 9.17) is 0 Å². The number of rotatable bonds is 4. The van der Waals surface area contributed by atoms with Gasteiger partial charge in [-0.05, 0) is 26.3 Å². The zero-order valence-corrected chi connectivity index (χ0v) is 14.1. The van der Waals surface area contributed by atoms with E-state index in [9.17, 15) is 0 Å². The van der Waals surface area contributed by atoms with Gasteiger partial charge in [0.05, 0.1) is 18.4 Å². The molecule has 6 nitrogen and oxygen atoms in total. The lowest BCUT2D eigenvalue weighted by molar-refractivity contribution is 0.358. The maximum atomic E-state index is 4.47. The molecule has 1 unspecified atom stereocenters. The van der Waals surface area contributed by atoms with Gasteiger partial charge >= 0.3 is 0 Å². The fourth-order valence-electron chi connectivity index (χ4n) is 3.35. The zero-order valence-electron chi connectivity index (χ0n) is 14.1. The van der Waals surface area contributed by atoms with Gasteiger partial charge in [-0.25, -0.2) is 9.67 Å². The first-order chi connectivity index (χ1) is 11.7. The van der Waals surface area contributed by atoms with Crippen LogP contribution < -0.4 is 5.32 Å². The van der Waals surface area contributed by atoms with E-state index in [0.717, 1.165) is 43.3 Å². The predicted molar refractivity (Wildman–Crippen MR) is 92.5 cm³/mol. The molecule has 124 valence electrons. The Morgan fingerprint density at radius 2 is 2.25 bits per heavy atom. The van der Waals surface area contributed by atoms with Crippen molar-refractivity contribution in [3.63, 3.8) is 0 Å². The Morgan fingerprint density at radius 1 is 1.33 bits per heavy atom. The van der Waals surface area contributed by atoms with E-state index in [2.05, 4.69) is 56.8 Å². The van der Waals surface area contributed by atoms with Crippen molar-refractivity contribution in [3.05, 3.63) is 53.2 Å². The lowest BCUT2D eigenvalue weighted by Gasteiger charge is -2.23. The SMILES string of the molecule is Cc1cccc(-c2[nH]ncc2CNC2CCc3nc(C)nn3C2)c1. The molecule has 0 bridgehead atoms. The summed E-state index contributed by atoms with van der Waals surface area (Å²) in [6.07, 6.45) is 3.99. The van der Waals surface area contributed by atoms with Gasteiger partial charge in [-0.2, -0.15) is 10.2 Å². The highest BCUT2D eigenvalue weighted by Gasteiger charge is 2.21. The number of hydrogen-bond donors (Lipinski definition) is 2. The van der Waals surface area contributed by atoms with Crippen LogP contribution in [-0.4, -0.2) is 31.0 Å². The van der Waals surface area contributed by atoms with Crippen LogP contribution in [0.15, 0.2) is 30.5 Å². The van der Waals surface area contributed by atoms with Crippen LogP contribution in [0.1, 0.15) is 29.2 Å². The minimum absolute atomic E-state index is 0.416. The topological polar surface area (TPSA) is 71.4 Å². The largest absolute Gasteiger partial charge is 0.308 e. The molecule has 0 spiro atoms. The van der Waals surface area contributed by atoms with Crippen LogP contribution in [0.4, 0.5) is 0 Å². The summed E-state index contributed by atoms with van der Waals surface area (Å²) in [5.41, 5.74) is 4.73. The van der Waals surface area contributed by atoms with E-state index in [1.165, 1.54) is 16.7 Å². The standard InChI is InChI=1S/C18H22N6/c1-12-4-3-5-14(8-12)18-15(10-20-22-18)9-19-16-6-7-17-21-13(2)23-24(17)11-16/h3-5,8,10,16,19H,6-7,9,11H2,1-2H3,(H,20,22). The number of aryl methyl sites for hydroxylation is 3. The molecule has 1 aromatic carbocycles. The van der Waals surface area contributed by atoms with Crippen molar-refractivity contribution >= 4 is 0 Å². The molecule has 0 saturated carbocycles. The van der Waals surface area contributed by atoms with E-state index in [0.29, 0.717) is 6.04 Å². The highest BCUT2D eigenvalue weighted by Crippen LogP contribution is 2.22. The number of aromatic nitrogens is 5. The first-order valence-corrected chi connectivity index (χ1v) is 8.42. The predicted octanol–water partition coefficient (Wildman–Crippen LogP) is 2.39. The first kappa shape index (κ1) is 15.1. The molecule has 0 aliphatic carbocycles. The molecule has 0 amide bonds.